The first-order chi connectivity index (χ1) is 6.77. The summed E-state index contributed by atoms with van der Waals surface area (Å²) < 4.78 is 5.23. The fraction of sp³-hybridized carbons (Fsp3) is 0.200. The van der Waals surface area contributed by atoms with Crippen LogP contribution in [0.15, 0.2) is 29.0 Å². The molecule has 0 amide bonds. The third-order valence-electron chi connectivity index (χ3n) is 2.01. The Morgan fingerprint density at radius 3 is 3.21 bits per heavy atom. The van der Waals surface area contributed by atoms with Gasteiger partial charge in [-0.25, -0.2) is 0 Å². The molecule has 4 heteroatoms. The van der Waals surface area contributed by atoms with Gasteiger partial charge in [-0.2, -0.15) is 0 Å². The topological polar surface area (TPSA) is 63.3 Å². The monoisotopic (exact) mass is 191 g/mol. The summed E-state index contributed by atoms with van der Waals surface area (Å²) >= 11 is 0. The van der Waals surface area contributed by atoms with Crippen molar-refractivity contribution < 1.29 is 14.3 Å². The molecule has 0 aromatic carbocycles. The van der Waals surface area contributed by atoms with Gasteiger partial charge in [0.05, 0.1) is 6.26 Å². The van der Waals surface area contributed by atoms with Gasteiger partial charge in [0.1, 0.15) is 5.52 Å². The Balaban J connectivity index is 2.29. The first-order valence-electron chi connectivity index (χ1n) is 4.30. The Bertz CT molecular complexity index is 461. The van der Waals surface area contributed by atoms with Crippen molar-refractivity contribution in [3.8, 4) is 0 Å². The molecule has 0 saturated carbocycles. The van der Waals surface area contributed by atoms with Crippen LogP contribution in [0.3, 0.4) is 0 Å². The normalized spacial score (nSPS) is 10.6. The lowest BCUT2D eigenvalue weighted by molar-refractivity contribution is -0.136. The average molecular weight is 191 g/mol. The van der Waals surface area contributed by atoms with Gasteiger partial charge in [0.2, 0.25) is 0 Å². The van der Waals surface area contributed by atoms with Crippen LogP contribution in [0, 0.1) is 0 Å². The van der Waals surface area contributed by atoms with Crippen LogP contribution in [0.2, 0.25) is 0 Å². The highest BCUT2D eigenvalue weighted by molar-refractivity contribution is 5.77. The van der Waals surface area contributed by atoms with Crippen molar-refractivity contribution in [2.45, 2.75) is 12.8 Å². The molecule has 72 valence electrons. The summed E-state index contributed by atoms with van der Waals surface area (Å²) in [7, 11) is 0. The van der Waals surface area contributed by atoms with Crippen LogP contribution in [0.4, 0.5) is 0 Å². The number of nitrogens with zero attached hydrogens (tertiary/aromatic N) is 1. The van der Waals surface area contributed by atoms with Gasteiger partial charge in [0.25, 0.3) is 0 Å². The van der Waals surface area contributed by atoms with Crippen LogP contribution < -0.4 is 0 Å². The number of aryl methyl sites for hydroxylation is 1. The lowest BCUT2D eigenvalue weighted by atomic mass is 10.1. The number of fused-ring (bicyclic) bond motifs is 1. The standard InChI is InChI=1S/C10H9NO3/c12-9(13)4-3-7-6-14-8-2-1-5-11-10(7)8/h1-2,5-6H,3-4H2,(H,12,13). The summed E-state index contributed by atoms with van der Waals surface area (Å²) in [5.74, 6) is -0.810. The molecule has 0 aliphatic carbocycles. The van der Waals surface area contributed by atoms with Crippen LogP contribution in [0.25, 0.3) is 11.1 Å². The van der Waals surface area contributed by atoms with E-state index in [0.29, 0.717) is 12.0 Å². The molecule has 2 heterocycles. The molecule has 0 aliphatic rings. The molecule has 0 bridgehead atoms. The van der Waals surface area contributed by atoms with Crippen LogP contribution >= 0.6 is 0 Å². The molecule has 0 atom stereocenters. The predicted octanol–water partition coefficient (Wildman–Crippen LogP) is 1.85. The molecule has 0 spiro atoms. The zero-order valence-corrected chi connectivity index (χ0v) is 7.43. The molecule has 0 unspecified atom stereocenters. The molecule has 2 aromatic rings. The first kappa shape index (κ1) is 8.74. The van der Waals surface area contributed by atoms with Gasteiger partial charge < -0.3 is 9.52 Å². The summed E-state index contributed by atoms with van der Waals surface area (Å²) in [5.41, 5.74) is 2.31. The average Bonchev–Trinajstić information content (AvgIpc) is 2.58. The third kappa shape index (κ3) is 1.59. The predicted molar refractivity (Wildman–Crippen MR) is 50.0 cm³/mol. The maximum atomic E-state index is 10.4. The molecule has 0 fully saturated rings. The molecular weight excluding hydrogens is 182 g/mol. The van der Waals surface area contributed by atoms with E-state index in [-0.39, 0.29) is 6.42 Å². The molecule has 1 N–H and O–H groups in total. The minimum Gasteiger partial charge on any atom is -0.481 e. The van der Waals surface area contributed by atoms with Crippen molar-refractivity contribution in [2.24, 2.45) is 0 Å². The lowest BCUT2D eigenvalue weighted by Gasteiger charge is -1.92. The van der Waals surface area contributed by atoms with Gasteiger partial charge in [-0.05, 0) is 18.6 Å². The summed E-state index contributed by atoms with van der Waals surface area (Å²) in [6.45, 7) is 0. The van der Waals surface area contributed by atoms with E-state index in [0.717, 1.165) is 11.1 Å². The van der Waals surface area contributed by atoms with E-state index >= 15 is 0 Å². The number of rotatable bonds is 3. The Hall–Kier alpha value is -1.84. The maximum absolute atomic E-state index is 10.4. The van der Waals surface area contributed by atoms with Crippen molar-refractivity contribution in [1.29, 1.82) is 0 Å². The highest BCUT2D eigenvalue weighted by Gasteiger charge is 2.07. The van der Waals surface area contributed by atoms with E-state index in [9.17, 15) is 4.79 Å². The van der Waals surface area contributed by atoms with Crippen molar-refractivity contribution >= 4 is 17.1 Å². The Morgan fingerprint density at radius 2 is 2.43 bits per heavy atom. The molecule has 4 nitrogen and oxygen atoms in total. The summed E-state index contributed by atoms with van der Waals surface area (Å²) in [4.78, 5) is 14.5. The van der Waals surface area contributed by atoms with Crippen molar-refractivity contribution in [3.05, 3.63) is 30.2 Å². The molecule has 14 heavy (non-hydrogen) atoms. The Morgan fingerprint density at radius 1 is 1.57 bits per heavy atom. The Kier molecular flexibility index (Phi) is 2.18. The second-order valence-electron chi connectivity index (χ2n) is 3.00. The fourth-order valence-corrected chi connectivity index (χ4v) is 1.34. The van der Waals surface area contributed by atoms with Crippen LogP contribution in [0.1, 0.15) is 12.0 Å². The SMILES string of the molecule is O=C(O)CCc1coc2cccnc12. The van der Waals surface area contributed by atoms with E-state index < -0.39 is 5.97 Å². The van der Waals surface area contributed by atoms with Crippen molar-refractivity contribution in [3.63, 3.8) is 0 Å². The van der Waals surface area contributed by atoms with E-state index in [2.05, 4.69) is 4.98 Å². The molecule has 0 radical (unpaired) electrons. The van der Waals surface area contributed by atoms with Gasteiger partial charge in [-0.1, -0.05) is 0 Å². The number of carboxylic acids is 1. The van der Waals surface area contributed by atoms with Crippen LogP contribution in [0.5, 0.6) is 0 Å². The number of carboxylic acid groups (broad SMARTS) is 1. The summed E-state index contributed by atoms with van der Waals surface area (Å²) in [5, 5.41) is 8.53. The van der Waals surface area contributed by atoms with Crippen LogP contribution in [-0.4, -0.2) is 16.1 Å². The second kappa shape index (κ2) is 3.49. The second-order valence-corrected chi connectivity index (χ2v) is 3.00. The smallest absolute Gasteiger partial charge is 0.303 e. The number of hydrogen-bond donors (Lipinski definition) is 1. The Labute approximate surface area is 80.2 Å². The number of pyridine rings is 1. The zero-order valence-electron chi connectivity index (χ0n) is 7.43. The highest BCUT2D eigenvalue weighted by atomic mass is 16.4. The number of hydrogen-bond acceptors (Lipinski definition) is 3. The van der Waals surface area contributed by atoms with Gasteiger partial charge in [0, 0.05) is 18.2 Å². The maximum Gasteiger partial charge on any atom is 0.303 e. The largest absolute Gasteiger partial charge is 0.481 e. The van der Waals surface area contributed by atoms with E-state index in [1.54, 1.807) is 18.5 Å². The molecular formula is C10H9NO3. The van der Waals surface area contributed by atoms with Crippen molar-refractivity contribution in [1.82, 2.24) is 4.98 Å². The molecule has 0 saturated heterocycles. The number of furan rings is 1. The van der Waals surface area contributed by atoms with Gasteiger partial charge in [-0.3, -0.25) is 9.78 Å². The van der Waals surface area contributed by atoms with Crippen LogP contribution in [-0.2, 0) is 11.2 Å². The summed E-state index contributed by atoms with van der Waals surface area (Å²) in [6.07, 6.45) is 3.80. The van der Waals surface area contributed by atoms with Gasteiger partial charge >= 0.3 is 5.97 Å². The third-order valence-corrected chi connectivity index (χ3v) is 2.01. The van der Waals surface area contributed by atoms with Gasteiger partial charge in [0.15, 0.2) is 5.58 Å². The van der Waals surface area contributed by atoms with Crippen molar-refractivity contribution in [2.75, 3.05) is 0 Å². The van der Waals surface area contributed by atoms with E-state index in [4.69, 9.17) is 9.52 Å². The van der Waals surface area contributed by atoms with E-state index in [1.165, 1.54) is 0 Å². The number of aliphatic carboxylic acids is 1. The minimum atomic E-state index is -0.810. The number of aromatic nitrogens is 1. The van der Waals surface area contributed by atoms with E-state index in [1.807, 2.05) is 6.07 Å². The molecule has 0 aliphatic heterocycles. The zero-order chi connectivity index (χ0) is 9.97. The minimum absolute atomic E-state index is 0.102. The number of carbonyl (C=O) groups is 1. The fourth-order valence-electron chi connectivity index (χ4n) is 1.34. The molecule has 2 aromatic heterocycles. The lowest BCUT2D eigenvalue weighted by Crippen LogP contribution is -1.96. The molecule has 2 rings (SSSR count). The summed E-state index contributed by atoms with van der Waals surface area (Å²) in [6, 6.07) is 3.60. The highest BCUT2D eigenvalue weighted by Crippen LogP contribution is 2.19. The van der Waals surface area contributed by atoms with Gasteiger partial charge in [-0.15, -0.1) is 0 Å². The quantitative estimate of drug-likeness (QED) is 0.804. The first-order valence-corrected chi connectivity index (χ1v) is 4.30.